The first kappa shape index (κ1) is 24.7. The van der Waals surface area contributed by atoms with Crippen molar-refractivity contribution in [1.82, 2.24) is 5.32 Å². The number of amides is 1. The molecule has 0 bridgehead atoms. The molecule has 0 saturated carbocycles. The topological polar surface area (TPSA) is 75.7 Å². The Kier molecular flexibility index (Phi) is 8.44. The molecule has 0 aliphatic rings. The Hall–Kier alpha value is -2.61. The van der Waals surface area contributed by atoms with E-state index < -0.39 is 27.8 Å². The van der Waals surface area contributed by atoms with E-state index in [1.54, 1.807) is 14.0 Å². The van der Waals surface area contributed by atoms with Crippen LogP contribution in [0.25, 0.3) is 0 Å². The Bertz CT molecular complexity index is 960. The molecule has 0 fully saturated rings. The summed E-state index contributed by atoms with van der Waals surface area (Å²) in [5, 5.41) is 3.03. The summed E-state index contributed by atoms with van der Waals surface area (Å²) in [6.07, 6.45) is 1.98. The maximum Gasteiger partial charge on any atom is 0.244 e. The lowest BCUT2D eigenvalue weighted by molar-refractivity contribution is -0.123. The molecule has 0 aliphatic carbocycles. The number of halogens is 1. The fourth-order valence-corrected chi connectivity index (χ4v) is 4.71. The number of benzene rings is 2. The fraction of sp³-hybridized carbons (Fsp3) is 0.435. The average Bonchev–Trinajstić information content (AvgIpc) is 2.71. The van der Waals surface area contributed by atoms with Gasteiger partial charge in [-0.15, -0.1) is 0 Å². The summed E-state index contributed by atoms with van der Waals surface area (Å²) in [6.45, 7) is 5.86. The third-order valence-electron chi connectivity index (χ3n) is 4.95. The Morgan fingerprint density at radius 1 is 1.10 bits per heavy atom. The van der Waals surface area contributed by atoms with Gasteiger partial charge in [-0.3, -0.25) is 9.10 Å². The number of carbonyl (C=O) groups is 1. The second-order valence-electron chi connectivity index (χ2n) is 7.92. The minimum absolute atomic E-state index is 0.246. The van der Waals surface area contributed by atoms with E-state index in [9.17, 15) is 17.6 Å². The van der Waals surface area contributed by atoms with Gasteiger partial charge in [0.05, 0.1) is 25.1 Å². The van der Waals surface area contributed by atoms with Crippen molar-refractivity contribution in [2.24, 2.45) is 5.92 Å². The van der Waals surface area contributed by atoms with Gasteiger partial charge in [-0.1, -0.05) is 32.9 Å². The first-order chi connectivity index (χ1) is 14.6. The number of anilines is 1. The highest BCUT2D eigenvalue weighted by Crippen LogP contribution is 2.26. The zero-order valence-corrected chi connectivity index (χ0v) is 19.4. The molecule has 0 aromatic heterocycles. The second kappa shape index (κ2) is 10.6. The summed E-state index contributed by atoms with van der Waals surface area (Å²) in [4.78, 5) is 13.3. The molecule has 0 aliphatic heterocycles. The van der Waals surface area contributed by atoms with Crippen LogP contribution in [0.1, 0.15) is 45.2 Å². The van der Waals surface area contributed by atoms with E-state index in [0.717, 1.165) is 16.1 Å². The van der Waals surface area contributed by atoms with Gasteiger partial charge in [0.2, 0.25) is 15.9 Å². The Morgan fingerprint density at radius 3 is 2.13 bits per heavy atom. The standard InChI is InChI=1S/C23H31FN2O4S/c1-6-22(26(31(5,28)29)19-11-9-18(24)10-12-19)23(27)25-21(15-16(2)3)17-7-13-20(30-4)14-8-17/h7-14,16,21-22H,6,15H2,1-5H3,(H,25,27)/t21-,22+/m0/s1. The summed E-state index contributed by atoms with van der Waals surface area (Å²) in [5.41, 5.74) is 1.15. The highest BCUT2D eigenvalue weighted by molar-refractivity contribution is 7.92. The van der Waals surface area contributed by atoms with Gasteiger partial charge in [0, 0.05) is 0 Å². The minimum atomic E-state index is -3.79. The normalized spacial score (nSPS) is 13.5. The van der Waals surface area contributed by atoms with Crippen LogP contribution in [0, 0.1) is 11.7 Å². The molecular weight excluding hydrogens is 419 g/mol. The summed E-state index contributed by atoms with van der Waals surface area (Å²) in [6, 6.07) is 11.3. The summed E-state index contributed by atoms with van der Waals surface area (Å²) >= 11 is 0. The first-order valence-electron chi connectivity index (χ1n) is 10.3. The average molecular weight is 451 g/mol. The van der Waals surface area contributed by atoms with E-state index in [1.165, 1.54) is 24.3 Å². The van der Waals surface area contributed by atoms with Crippen LogP contribution in [0.4, 0.5) is 10.1 Å². The zero-order chi connectivity index (χ0) is 23.2. The second-order valence-corrected chi connectivity index (χ2v) is 9.78. The third kappa shape index (κ3) is 6.69. The van der Waals surface area contributed by atoms with Crippen LogP contribution in [0.3, 0.4) is 0 Å². The SMILES string of the molecule is CC[C@H](C(=O)N[C@@H](CC(C)C)c1ccc(OC)cc1)N(c1ccc(F)cc1)S(C)(=O)=O. The summed E-state index contributed by atoms with van der Waals surface area (Å²) in [5.74, 6) is 0.130. The molecule has 31 heavy (non-hydrogen) atoms. The summed E-state index contributed by atoms with van der Waals surface area (Å²) < 4.78 is 44.8. The van der Waals surface area contributed by atoms with Crippen LogP contribution in [0.15, 0.2) is 48.5 Å². The maximum atomic E-state index is 13.4. The van der Waals surface area contributed by atoms with Crippen LogP contribution in [-0.2, 0) is 14.8 Å². The molecule has 0 unspecified atom stereocenters. The number of ether oxygens (including phenoxy) is 1. The predicted octanol–water partition coefficient (Wildman–Crippen LogP) is 4.28. The van der Waals surface area contributed by atoms with E-state index in [4.69, 9.17) is 4.74 Å². The number of rotatable bonds is 10. The lowest BCUT2D eigenvalue weighted by Gasteiger charge is -2.32. The third-order valence-corrected chi connectivity index (χ3v) is 6.13. The van der Waals surface area contributed by atoms with Gasteiger partial charge in [0.25, 0.3) is 0 Å². The van der Waals surface area contributed by atoms with Crippen LogP contribution in [0.2, 0.25) is 0 Å². The van der Waals surface area contributed by atoms with Crippen molar-refractivity contribution in [3.05, 3.63) is 59.9 Å². The molecule has 8 heteroatoms. The van der Waals surface area contributed by atoms with Gasteiger partial charge in [0.15, 0.2) is 0 Å². The number of methoxy groups -OCH3 is 1. The monoisotopic (exact) mass is 450 g/mol. The molecule has 2 aromatic rings. The van der Waals surface area contributed by atoms with E-state index in [-0.39, 0.29) is 18.2 Å². The van der Waals surface area contributed by atoms with Crippen LogP contribution < -0.4 is 14.4 Å². The van der Waals surface area contributed by atoms with Gasteiger partial charge in [-0.05, 0) is 60.7 Å². The Labute approximate surface area is 184 Å². The predicted molar refractivity (Wildman–Crippen MR) is 121 cm³/mol. The van der Waals surface area contributed by atoms with E-state index in [2.05, 4.69) is 19.2 Å². The molecule has 1 amide bonds. The molecule has 1 N–H and O–H groups in total. The number of nitrogens with one attached hydrogen (secondary N) is 1. The highest BCUT2D eigenvalue weighted by atomic mass is 32.2. The molecule has 6 nitrogen and oxygen atoms in total. The lowest BCUT2D eigenvalue weighted by Crippen LogP contribution is -2.50. The van der Waals surface area contributed by atoms with Crippen molar-refractivity contribution in [1.29, 1.82) is 0 Å². The van der Waals surface area contributed by atoms with Gasteiger partial charge in [0.1, 0.15) is 17.6 Å². The summed E-state index contributed by atoms with van der Waals surface area (Å²) in [7, 11) is -2.20. The fourth-order valence-electron chi connectivity index (χ4n) is 3.50. The number of carbonyl (C=O) groups excluding carboxylic acids is 1. The molecule has 0 saturated heterocycles. The van der Waals surface area contributed by atoms with E-state index >= 15 is 0 Å². The van der Waals surface area contributed by atoms with Gasteiger partial charge < -0.3 is 10.1 Å². The van der Waals surface area contributed by atoms with Gasteiger partial charge in [-0.25, -0.2) is 12.8 Å². The quantitative estimate of drug-likeness (QED) is 0.586. The number of hydrogen-bond acceptors (Lipinski definition) is 4. The highest BCUT2D eigenvalue weighted by Gasteiger charge is 2.32. The van der Waals surface area contributed by atoms with Crippen molar-refractivity contribution in [2.45, 2.75) is 45.7 Å². The van der Waals surface area contributed by atoms with Gasteiger partial charge >= 0.3 is 0 Å². The van der Waals surface area contributed by atoms with Crippen molar-refractivity contribution in [3.8, 4) is 5.75 Å². The zero-order valence-electron chi connectivity index (χ0n) is 18.6. The first-order valence-corrected chi connectivity index (χ1v) is 12.1. The van der Waals surface area contributed by atoms with Gasteiger partial charge in [-0.2, -0.15) is 0 Å². The molecular formula is C23H31FN2O4S. The molecule has 0 heterocycles. The van der Waals surface area contributed by atoms with Crippen LogP contribution in [-0.4, -0.2) is 33.7 Å². The Morgan fingerprint density at radius 2 is 1.68 bits per heavy atom. The lowest BCUT2D eigenvalue weighted by atomic mass is 9.96. The minimum Gasteiger partial charge on any atom is -0.497 e. The Balaban J connectivity index is 2.36. The van der Waals surface area contributed by atoms with Crippen molar-refractivity contribution in [3.63, 3.8) is 0 Å². The van der Waals surface area contributed by atoms with E-state index in [0.29, 0.717) is 18.1 Å². The van der Waals surface area contributed by atoms with Crippen molar-refractivity contribution >= 4 is 21.6 Å². The molecule has 2 aromatic carbocycles. The molecule has 170 valence electrons. The van der Waals surface area contributed by atoms with Crippen LogP contribution in [0.5, 0.6) is 5.75 Å². The molecule has 0 spiro atoms. The number of nitrogens with zero attached hydrogens (tertiary/aromatic N) is 1. The number of sulfonamides is 1. The maximum absolute atomic E-state index is 13.4. The molecule has 0 radical (unpaired) electrons. The van der Waals surface area contributed by atoms with Crippen molar-refractivity contribution in [2.75, 3.05) is 17.7 Å². The molecule has 2 rings (SSSR count). The molecule has 2 atom stereocenters. The van der Waals surface area contributed by atoms with Crippen LogP contribution >= 0.6 is 0 Å². The number of hydrogen-bond donors (Lipinski definition) is 1. The largest absolute Gasteiger partial charge is 0.497 e. The smallest absolute Gasteiger partial charge is 0.244 e. The van der Waals surface area contributed by atoms with Crippen molar-refractivity contribution < 1.29 is 22.3 Å². The van der Waals surface area contributed by atoms with E-state index in [1.807, 2.05) is 24.3 Å².